The summed E-state index contributed by atoms with van der Waals surface area (Å²) in [4.78, 5) is 15.4. The van der Waals surface area contributed by atoms with Gasteiger partial charge in [0, 0.05) is 62.9 Å². The van der Waals surface area contributed by atoms with Gasteiger partial charge in [0.2, 0.25) is 0 Å². The molecule has 3 saturated heterocycles. The Balaban J connectivity index is 1.52. The van der Waals surface area contributed by atoms with Crippen molar-refractivity contribution in [2.75, 3.05) is 45.8 Å². The Kier molecular flexibility index (Phi) is 5.28. The quantitative estimate of drug-likeness (QED) is 0.611. The molecule has 22 heavy (non-hydrogen) atoms. The number of aromatic nitrogens is 1. The second-order valence-corrected chi connectivity index (χ2v) is 7.25. The summed E-state index contributed by atoms with van der Waals surface area (Å²) in [7, 11) is 0. The maximum atomic E-state index is 4.65. The van der Waals surface area contributed by atoms with Crippen LogP contribution >= 0.6 is 11.3 Å². The average Bonchev–Trinajstić information content (AvgIpc) is 2.97. The zero-order chi connectivity index (χ0) is 15.4. The van der Waals surface area contributed by atoms with E-state index in [-0.39, 0.29) is 0 Å². The van der Waals surface area contributed by atoms with E-state index >= 15 is 0 Å². The van der Waals surface area contributed by atoms with Crippen molar-refractivity contribution in [1.82, 2.24) is 25.4 Å². The molecule has 6 nitrogen and oxygen atoms in total. The number of thiazole rings is 1. The molecule has 0 radical (unpaired) electrons. The Hall–Kier alpha value is -1.18. The molecule has 2 bridgehead atoms. The minimum absolute atomic E-state index is 0.605. The first-order valence-corrected chi connectivity index (χ1v) is 8.96. The molecular formula is C15H26N6S. The SMILES string of the molecule is CCNC(=NCc1ncc(C)s1)NCC1CN2CCN1CC2. The standard InChI is InChI=1S/C15H26N6S/c1-3-16-15(19-10-14-17-8-12(2)22-14)18-9-13-11-20-4-6-21(13)7-5-20/h8,13H,3-7,9-11H2,1-2H3,(H2,16,18,19). The lowest BCUT2D eigenvalue weighted by molar-refractivity contribution is 0.0154. The summed E-state index contributed by atoms with van der Waals surface area (Å²) in [5, 5.41) is 7.90. The average molecular weight is 322 g/mol. The van der Waals surface area contributed by atoms with Crippen LogP contribution in [0.15, 0.2) is 11.2 Å². The summed E-state index contributed by atoms with van der Waals surface area (Å²) in [5.41, 5.74) is 0. The first-order chi connectivity index (χ1) is 10.7. The molecule has 122 valence electrons. The maximum absolute atomic E-state index is 4.65. The van der Waals surface area contributed by atoms with Gasteiger partial charge in [0.25, 0.3) is 0 Å². The van der Waals surface area contributed by atoms with E-state index in [1.807, 2.05) is 6.20 Å². The summed E-state index contributed by atoms with van der Waals surface area (Å²) in [6.07, 6.45) is 1.91. The van der Waals surface area contributed by atoms with Gasteiger partial charge in [0.15, 0.2) is 5.96 Å². The third-order valence-corrected chi connectivity index (χ3v) is 5.18. The summed E-state index contributed by atoms with van der Waals surface area (Å²) < 4.78 is 0. The van der Waals surface area contributed by atoms with Gasteiger partial charge >= 0.3 is 0 Å². The Labute approximate surface area is 136 Å². The maximum Gasteiger partial charge on any atom is 0.191 e. The molecule has 1 unspecified atom stereocenters. The fourth-order valence-electron chi connectivity index (χ4n) is 3.10. The second kappa shape index (κ2) is 7.39. The lowest BCUT2D eigenvalue weighted by atomic mass is 10.1. The van der Waals surface area contributed by atoms with Crippen molar-refractivity contribution in [2.24, 2.45) is 4.99 Å². The van der Waals surface area contributed by atoms with Crippen LogP contribution in [0.3, 0.4) is 0 Å². The number of hydrogen-bond donors (Lipinski definition) is 2. The van der Waals surface area contributed by atoms with Crippen molar-refractivity contribution in [2.45, 2.75) is 26.4 Å². The van der Waals surface area contributed by atoms with E-state index in [2.05, 4.69) is 44.3 Å². The minimum Gasteiger partial charge on any atom is -0.357 e. The van der Waals surface area contributed by atoms with Crippen molar-refractivity contribution in [3.05, 3.63) is 16.1 Å². The van der Waals surface area contributed by atoms with E-state index in [0.29, 0.717) is 12.6 Å². The molecular weight excluding hydrogens is 296 g/mol. The lowest BCUT2D eigenvalue weighted by Crippen LogP contribution is -2.63. The van der Waals surface area contributed by atoms with Gasteiger partial charge in [-0.3, -0.25) is 9.80 Å². The van der Waals surface area contributed by atoms with E-state index in [9.17, 15) is 0 Å². The largest absolute Gasteiger partial charge is 0.357 e. The predicted molar refractivity (Wildman–Crippen MR) is 91.5 cm³/mol. The van der Waals surface area contributed by atoms with E-state index < -0.39 is 0 Å². The van der Waals surface area contributed by atoms with Crippen molar-refractivity contribution in [3.63, 3.8) is 0 Å². The number of rotatable bonds is 5. The number of aryl methyl sites for hydroxylation is 1. The molecule has 0 saturated carbocycles. The fourth-order valence-corrected chi connectivity index (χ4v) is 3.81. The molecule has 3 fully saturated rings. The predicted octanol–water partition coefficient (Wildman–Crippen LogP) is 0.506. The van der Waals surface area contributed by atoms with E-state index in [4.69, 9.17) is 0 Å². The summed E-state index contributed by atoms with van der Waals surface area (Å²) in [6, 6.07) is 0.605. The summed E-state index contributed by atoms with van der Waals surface area (Å²) >= 11 is 1.72. The Morgan fingerprint density at radius 3 is 2.77 bits per heavy atom. The molecule has 3 aliphatic rings. The van der Waals surface area contributed by atoms with Gasteiger partial charge in [-0.1, -0.05) is 0 Å². The van der Waals surface area contributed by atoms with Gasteiger partial charge in [0.05, 0.1) is 6.54 Å². The molecule has 1 atom stereocenters. The highest BCUT2D eigenvalue weighted by Gasteiger charge is 2.31. The Morgan fingerprint density at radius 1 is 1.36 bits per heavy atom. The molecule has 1 aromatic rings. The van der Waals surface area contributed by atoms with Gasteiger partial charge in [-0.05, 0) is 13.8 Å². The van der Waals surface area contributed by atoms with Crippen molar-refractivity contribution in [1.29, 1.82) is 0 Å². The molecule has 4 rings (SSSR count). The Bertz CT molecular complexity index is 506. The zero-order valence-electron chi connectivity index (χ0n) is 13.5. The summed E-state index contributed by atoms with van der Waals surface area (Å²) in [6.45, 7) is 12.7. The van der Waals surface area contributed by atoms with Crippen LogP contribution in [-0.2, 0) is 6.54 Å². The van der Waals surface area contributed by atoms with Gasteiger partial charge < -0.3 is 10.6 Å². The van der Waals surface area contributed by atoms with Crippen LogP contribution in [-0.4, -0.2) is 72.6 Å². The van der Waals surface area contributed by atoms with E-state index in [1.54, 1.807) is 11.3 Å². The fraction of sp³-hybridized carbons (Fsp3) is 0.733. The van der Waals surface area contributed by atoms with Gasteiger partial charge in [0.1, 0.15) is 5.01 Å². The number of hydrogen-bond acceptors (Lipinski definition) is 5. The Morgan fingerprint density at radius 2 is 2.18 bits per heavy atom. The molecule has 1 aromatic heterocycles. The van der Waals surface area contributed by atoms with Crippen LogP contribution in [0.4, 0.5) is 0 Å². The smallest absolute Gasteiger partial charge is 0.191 e. The third-order valence-electron chi connectivity index (χ3n) is 4.28. The molecule has 2 N–H and O–H groups in total. The number of guanidine groups is 1. The molecule has 0 aromatic carbocycles. The first-order valence-electron chi connectivity index (χ1n) is 8.14. The number of nitrogens with one attached hydrogen (secondary N) is 2. The van der Waals surface area contributed by atoms with Crippen LogP contribution < -0.4 is 10.6 Å². The van der Waals surface area contributed by atoms with E-state index in [1.165, 1.54) is 37.6 Å². The van der Waals surface area contributed by atoms with Crippen molar-refractivity contribution in [3.8, 4) is 0 Å². The van der Waals surface area contributed by atoms with Gasteiger partial charge in [-0.2, -0.15) is 0 Å². The first kappa shape index (κ1) is 15.7. The normalized spacial score (nSPS) is 27.9. The van der Waals surface area contributed by atoms with Gasteiger partial charge in [-0.25, -0.2) is 9.98 Å². The highest BCUT2D eigenvalue weighted by molar-refractivity contribution is 7.11. The van der Waals surface area contributed by atoms with Crippen LogP contribution in [0.25, 0.3) is 0 Å². The number of piperazine rings is 3. The van der Waals surface area contributed by atoms with Crippen LogP contribution in [0.2, 0.25) is 0 Å². The summed E-state index contributed by atoms with van der Waals surface area (Å²) in [5.74, 6) is 0.896. The van der Waals surface area contributed by atoms with Crippen LogP contribution in [0.5, 0.6) is 0 Å². The van der Waals surface area contributed by atoms with E-state index in [0.717, 1.165) is 24.1 Å². The third kappa shape index (κ3) is 3.97. The number of aliphatic imine (C=N–C) groups is 1. The molecule has 0 amide bonds. The highest BCUT2D eigenvalue weighted by Crippen LogP contribution is 2.15. The van der Waals surface area contributed by atoms with Gasteiger partial charge in [-0.15, -0.1) is 11.3 Å². The molecule has 0 spiro atoms. The number of fused-ring (bicyclic) bond motifs is 3. The zero-order valence-corrected chi connectivity index (χ0v) is 14.3. The molecule has 3 aliphatic heterocycles. The topological polar surface area (TPSA) is 55.8 Å². The van der Waals surface area contributed by atoms with Crippen molar-refractivity contribution < 1.29 is 0 Å². The van der Waals surface area contributed by atoms with Crippen LogP contribution in [0.1, 0.15) is 16.8 Å². The van der Waals surface area contributed by atoms with Crippen molar-refractivity contribution >= 4 is 17.3 Å². The highest BCUT2D eigenvalue weighted by atomic mass is 32.1. The number of nitrogens with zero attached hydrogens (tertiary/aromatic N) is 4. The van der Waals surface area contributed by atoms with Crippen LogP contribution in [0, 0.1) is 6.92 Å². The lowest BCUT2D eigenvalue weighted by Gasteiger charge is -2.47. The minimum atomic E-state index is 0.605. The monoisotopic (exact) mass is 322 g/mol. The molecule has 0 aliphatic carbocycles. The second-order valence-electron chi connectivity index (χ2n) is 5.93. The molecule has 7 heteroatoms. The molecule has 4 heterocycles.